The Morgan fingerprint density at radius 3 is 2.70 bits per heavy atom. The Balaban J connectivity index is 1.92. The van der Waals surface area contributed by atoms with Crippen LogP contribution in [0.3, 0.4) is 0 Å². The minimum atomic E-state index is -1.72. The van der Waals surface area contributed by atoms with Gasteiger partial charge in [-0.3, -0.25) is 0 Å². The highest BCUT2D eigenvalue weighted by molar-refractivity contribution is 6.32. The number of hydrogen-bond donors (Lipinski definition) is 3. The predicted octanol–water partition coefficient (Wildman–Crippen LogP) is 0.439. The number of hydrogen-bond acceptors (Lipinski definition) is 7. The quantitative estimate of drug-likeness (QED) is 0.453. The smallest absolute Gasteiger partial charge is 0.402 e. The van der Waals surface area contributed by atoms with E-state index in [-0.39, 0.29) is 18.7 Å². The molecule has 0 saturated carbocycles. The standard InChI is InChI=1S/C14H22BN5O3/c1-11(12-7-3-2-4-8-12)20-14(17-18-19-20)13(16)9-5-6-10-23-15(21)22/h2-4,7-8,11,13,21-22H,5-6,9-10,16H2,1H3/t11-,13?/m1/s1. The Bertz CT molecular complexity index is 581. The molecule has 124 valence electrons. The molecule has 0 saturated heterocycles. The van der Waals surface area contributed by atoms with Crippen molar-refractivity contribution in [2.45, 2.75) is 38.3 Å². The van der Waals surface area contributed by atoms with Crippen LogP contribution in [0.15, 0.2) is 30.3 Å². The molecule has 1 unspecified atom stereocenters. The minimum Gasteiger partial charge on any atom is -0.402 e. The highest BCUT2D eigenvalue weighted by Gasteiger charge is 2.19. The Morgan fingerprint density at radius 1 is 1.26 bits per heavy atom. The number of unbranched alkanes of at least 4 members (excludes halogenated alkanes) is 1. The minimum absolute atomic E-state index is 0.000111. The third-order valence-corrected chi connectivity index (χ3v) is 3.68. The molecule has 0 amide bonds. The summed E-state index contributed by atoms with van der Waals surface area (Å²) in [7, 11) is -1.72. The number of benzene rings is 1. The zero-order chi connectivity index (χ0) is 16.7. The van der Waals surface area contributed by atoms with E-state index in [9.17, 15) is 0 Å². The summed E-state index contributed by atoms with van der Waals surface area (Å²) in [5.41, 5.74) is 7.31. The molecule has 2 rings (SSSR count). The second-order valence-corrected chi connectivity index (χ2v) is 5.37. The van der Waals surface area contributed by atoms with E-state index >= 15 is 0 Å². The summed E-state index contributed by atoms with van der Waals surface area (Å²) in [6.07, 6.45) is 2.15. The molecule has 2 aromatic rings. The molecule has 2 atom stereocenters. The van der Waals surface area contributed by atoms with Gasteiger partial charge in [-0.2, -0.15) is 0 Å². The van der Waals surface area contributed by atoms with Crippen LogP contribution in [0, 0.1) is 0 Å². The highest BCUT2D eigenvalue weighted by atomic mass is 16.6. The first-order chi connectivity index (χ1) is 11.1. The van der Waals surface area contributed by atoms with Gasteiger partial charge in [0.2, 0.25) is 0 Å². The summed E-state index contributed by atoms with van der Waals surface area (Å²) >= 11 is 0. The lowest BCUT2D eigenvalue weighted by Crippen LogP contribution is -2.21. The Labute approximate surface area is 135 Å². The monoisotopic (exact) mass is 319 g/mol. The molecule has 0 spiro atoms. The Hall–Kier alpha value is -1.81. The summed E-state index contributed by atoms with van der Waals surface area (Å²) in [6, 6.07) is 9.69. The first-order valence-electron chi connectivity index (χ1n) is 7.65. The third-order valence-electron chi connectivity index (χ3n) is 3.68. The summed E-state index contributed by atoms with van der Waals surface area (Å²) < 4.78 is 6.40. The fourth-order valence-corrected chi connectivity index (χ4v) is 2.38. The Kier molecular flexibility index (Phi) is 6.66. The number of nitrogens with two attached hydrogens (primary N) is 1. The van der Waals surface area contributed by atoms with Gasteiger partial charge in [0.1, 0.15) is 0 Å². The van der Waals surface area contributed by atoms with E-state index in [0.29, 0.717) is 18.7 Å². The van der Waals surface area contributed by atoms with Crippen LogP contribution in [-0.2, 0) is 4.65 Å². The lowest BCUT2D eigenvalue weighted by molar-refractivity contribution is 0.181. The zero-order valence-electron chi connectivity index (χ0n) is 13.1. The topological polar surface area (TPSA) is 119 Å². The van der Waals surface area contributed by atoms with Gasteiger partial charge in [-0.05, 0) is 42.2 Å². The molecule has 0 aliphatic carbocycles. The van der Waals surface area contributed by atoms with Gasteiger partial charge in [0.05, 0.1) is 12.1 Å². The SMILES string of the molecule is C[C@H](c1ccccc1)n1nnnc1C(N)CCCCOB(O)O. The van der Waals surface area contributed by atoms with Gasteiger partial charge < -0.3 is 20.4 Å². The van der Waals surface area contributed by atoms with E-state index in [4.69, 9.17) is 15.8 Å². The first kappa shape index (κ1) is 17.5. The van der Waals surface area contributed by atoms with Gasteiger partial charge in [-0.25, -0.2) is 4.68 Å². The van der Waals surface area contributed by atoms with Crippen LogP contribution in [0.25, 0.3) is 0 Å². The first-order valence-corrected chi connectivity index (χ1v) is 7.65. The summed E-state index contributed by atoms with van der Waals surface area (Å²) in [6.45, 7) is 2.30. The van der Waals surface area contributed by atoms with E-state index < -0.39 is 7.32 Å². The van der Waals surface area contributed by atoms with Crippen molar-refractivity contribution in [2.24, 2.45) is 5.73 Å². The van der Waals surface area contributed by atoms with Crippen molar-refractivity contribution >= 4 is 7.32 Å². The lowest BCUT2D eigenvalue weighted by atomic mass is 10.1. The van der Waals surface area contributed by atoms with Crippen LogP contribution in [0.2, 0.25) is 0 Å². The van der Waals surface area contributed by atoms with Crippen LogP contribution in [0.5, 0.6) is 0 Å². The lowest BCUT2D eigenvalue weighted by Gasteiger charge is -2.17. The summed E-state index contributed by atoms with van der Waals surface area (Å²) in [5.74, 6) is 0.643. The van der Waals surface area contributed by atoms with Gasteiger partial charge in [0.15, 0.2) is 5.82 Å². The molecule has 8 nitrogen and oxygen atoms in total. The van der Waals surface area contributed by atoms with Crippen molar-refractivity contribution in [3.63, 3.8) is 0 Å². The van der Waals surface area contributed by atoms with Gasteiger partial charge in [0, 0.05) is 6.61 Å². The molecule has 1 aromatic heterocycles. The van der Waals surface area contributed by atoms with E-state index in [1.807, 2.05) is 37.3 Å². The van der Waals surface area contributed by atoms with Gasteiger partial charge in [0.25, 0.3) is 0 Å². The molecule has 23 heavy (non-hydrogen) atoms. The van der Waals surface area contributed by atoms with Gasteiger partial charge >= 0.3 is 7.32 Å². The van der Waals surface area contributed by atoms with Gasteiger partial charge in [-0.1, -0.05) is 30.3 Å². The average Bonchev–Trinajstić information content (AvgIpc) is 3.04. The van der Waals surface area contributed by atoms with Crippen LogP contribution in [0.1, 0.15) is 49.7 Å². The molecule has 1 aromatic carbocycles. The molecule has 0 bridgehead atoms. The third kappa shape index (κ3) is 5.10. The molecule has 1 heterocycles. The van der Waals surface area contributed by atoms with E-state index in [1.54, 1.807) is 4.68 Å². The fourth-order valence-electron chi connectivity index (χ4n) is 2.38. The molecule has 4 N–H and O–H groups in total. The molecule has 0 aliphatic rings. The second kappa shape index (κ2) is 8.73. The van der Waals surface area contributed by atoms with Crippen molar-refractivity contribution in [1.29, 1.82) is 0 Å². The van der Waals surface area contributed by atoms with E-state index in [2.05, 4.69) is 20.2 Å². The maximum Gasteiger partial charge on any atom is 0.633 e. The normalized spacial score (nSPS) is 13.7. The number of rotatable bonds is 9. The van der Waals surface area contributed by atoms with Crippen molar-refractivity contribution in [3.8, 4) is 0 Å². The molecule has 0 fully saturated rings. The predicted molar refractivity (Wildman–Crippen MR) is 85.0 cm³/mol. The van der Waals surface area contributed by atoms with E-state index in [1.165, 1.54) is 0 Å². The molecule has 0 radical (unpaired) electrons. The molecule has 0 aliphatic heterocycles. The summed E-state index contributed by atoms with van der Waals surface area (Å²) in [4.78, 5) is 0. The van der Waals surface area contributed by atoms with Gasteiger partial charge in [-0.15, -0.1) is 5.10 Å². The number of tetrazole rings is 1. The zero-order valence-corrected chi connectivity index (χ0v) is 13.1. The number of aromatic nitrogens is 4. The Morgan fingerprint density at radius 2 is 2.00 bits per heavy atom. The largest absolute Gasteiger partial charge is 0.633 e. The van der Waals surface area contributed by atoms with Crippen LogP contribution >= 0.6 is 0 Å². The van der Waals surface area contributed by atoms with E-state index in [0.717, 1.165) is 12.0 Å². The van der Waals surface area contributed by atoms with Crippen molar-refractivity contribution < 1.29 is 14.7 Å². The number of nitrogens with zero attached hydrogens (tertiary/aromatic N) is 4. The molecule has 9 heteroatoms. The highest BCUT2D eigenvalue weighted by Crippen LogP contribution is 2.21. The van der Waals surface area contributed by atoms with Crippen LogP contribution in [0.4, 0.5) is 0 Å². The molecular formula is C14H22BN5O3. The van der Waals surface area contributed by atoms with Crippen molar-refractivity contribution in [2.75, 3.05) is 6.61 Å². The average molecular weight is 319 g/mol. The maximum absolute atomic E-state index is 8.60. The van der Waals surface area contributed by atoms with Crippen LogP contribution in [-0.4, -0.2) is 44.2 Å². The van der Waals surface area contributed by atoms with Crippen LogP contribution < -0.4 is 5.73 Å². The fraction of sp³-hybridized carbons (Fsp3) is 0.500. The van der Waals surface area contributed by atoms with Crippen molar-refractivity contribution in [3.05, 3.63) is 41.7 Å². The second-order valence-electron chi connectivity index (χ2n) is 5.37. The molecular weight excluding hydrogens is 297 g/mol. The summed E-state index contributed by atoms with van der Waals surface area (Å²) in [5, 5.41) is 29.1. The maximum atomic E-state index is 8.60. The van der Waals surface area contributed by atoms with Crippen molar-refractivity contribution in [1.82, 2.24) is 20.2 Å².